The fourth-order valence-electron chi connectivity index (χ4n) is 6.50. The van der Waals surface area contributed by atoms with E-state index in [2.05, 4.69) is 6.92 Å². The summed E-state index contributed by atoms with van der Waals surface area (Å²) in [6.07, 6.45) is 10.5. The largest absolute Gasteiger partial charge is 0.310 e. The molecule has 110 valence electrons. The maximum absolute atomic E-state index is 12.1. The second kappa shape index (κ2) is 4.42. The SMILES string of the molecule is CC12CCC(=N)CC1CCC1C3CCC(=O)C3CCC12. The maximum atomic E-state index is 12.1. The normalized spacial score (nSPS) is 51.4. The van der Waals surface area contributed by atoms with E-state index in [1.165, 1.54) is 38.5 Å². The molecule has 0 radical (unpaired) electrons. The first-order chi connectivity index (χ1) is 9.59. The van der Waals surface area contributed by atoms with Gasteiger partial charge in [0.2, 0.25) is 0 Å². The molecule has 2 heteroatoms. The Labute approximate surface area is 122 Å². The molecule has 4 rings (SSSR count). The van der Waals surface area contributed by atoms with Gasteiger partial charge in [-0.2, -0.15) is 0 Å². The molecule has 20 heavy (non-hydrogen) atoms. The lowest BCUT2D eigenvalue weighted by Crippen LogP contribution is -2.51. The monoisotopic (exact) mass is 273 g/mol. The topological polar surface area (TPSA) is 40.9 Å². The quantitative estimate of drug-likeness (QED) is 0.705. The Morgan fingerprint density at radius 3 is 2.75 bits per heavy atom. The minimum atomic E-state index is 0.429. The summed E-state index contributed by atoms with van der Waals surface area (Å²) in [6, 6.07) is 0. The van der Waals surface area contributed by atoms with Crippen molar-refractivity contribution in [3.05, 3.63) is 0 Å². The first kappa shape index (κ1) is 13.0. The van der Waals surface area contributed by atoms with Gasteiger partial charge in [0.05, 0.1) is 0 Å². The third-order valence-electron chi connectivity index (χ3n) is 7.60. The van der Waals surface area contributed by atoms with Crippen LogP contribution in [-0.2, 0) is 4.79 Å². The average molecular weight is 273 g/mol. The number of hydrogen-bond donors (Lipinski definition) is 1. The molecular weight excluding hydrogens is 246 g/mol. The van der Waals surface area contributed by atoms with Crippen molar-refractivity contribution in [3.8, 4) is 0 Å². The van der Waals surface area contributed by atoms with Gasteiger partial charge in [0.1, 0.15) is 5.78 Å². The van der Waals surface area contributed by atoms with Crippen molar-refractivity contribution in [2.24, 2.45) is 35.0 Å². The van der Waals surface area contributed by atoms with Crippen molar-refractivity contribution >= 4 is 11.5 Å². The van der Waals surface area contributed by atoms with Crippen LogP contribution in [0.4, 0.5) is 0 Å². The van der Waals surface area contributed by atoms with E-state index in [9.17, 15) is 4.79 Å². The van der Waals surface area contributed by atoms with Crippen molar-refractivity contribution < 1.29 is 4.79 Å². The molecule has 0 aliphatic heterocycles. The highest BCUT2D eigenvalue weighted by atomic mass is 16.1. The Balaban J connectivity index is 1.62. The molecule has 6 unspecified atom stereocenters. The molecule has 0 amide bonds. The van der Waals surface area contributed by atoms with Crippen molar-refractivity contribution in [1.82, 2.24) is 0 Å². The summed E-state index contributed by atoms with van der Waals surface area (Å²) in [4.78, 5) is 12.1. The highest BCUT2D eigenvalue weighted by molar-refractivity contribution is 5.84. The molecule has 0 bridgehead atoms. The Hall–Kier alpha value is -0.660. The first-order valence-corrected chi connectivity index (χ1v) is 8.68. The Morgan fingerprint density at radius 2 is 1.90 bits per heavy atom. The summed E-state index contributed by atoms with van der Waals surface area (Å²) in [6.45, 7) is 2.53. The van der Waals surface area contributed by atoms with Gasteiger partial charge in [0.25, 0.3) is 0 Å². The molecular formula is C18H27NO. The first-order valence-electron chi connectivity index (χ1n) is 8.68. The summed E-state index contributed by atoms with van der Waals surface area (Å²) < 4.78 is 0. The highest BCUT2D eigenvalue weighted by Gasteiger charge is 2.55. The van der Waals surface area contributed by atoms with Crippen molar-refractivity contribution in [1.29, 1.82) is 5.41 Å². The second-order valence-electron chi connectivity index (χ2n) is 8.21. The van der Waals surface area contributed by atoms with Crippen LogP contribution in [-0.4, -0.2) is 11.5 Å². The van der Waals surface area contributed by atoms with Crippen molar-refractivity contribution in [2.45, 2.75) is 64.7 Å². The third kappa shape index (κ3) is 1.69. The summed E-state index contributed by atoms with van der Waals surface area (Å²) in [5.74, 6) is 4.17. The van der Waals surface area contributed by atoms with Gasteiger partial charge in [0, 0.05) is 18.1 Å². The summed E-state index contributed by atoms with van der Waals surface area (Å²) in [5, 5.41) is 8.03. The van der Waals surface area contributed by atoms with E-state index in [-0.39, 0.29) is 0 Å². The van der Waals surface area contributed by atoms with Crippen molar-refractivity contribution in [3.63, 3.8) is 0 Å². The molecule has 0 aromatic carbocycles. The van der Waals surface area contributed by atoms with Gasteiger partial charge >= 0.3 is 0 Å². The van der Waals surface area contributed by atoms with Gasteiger partial charge in [-0.05, 0) is 80.5 Å². The number of nitrogens with one attached hydrogen (secondary N) is 1. The minimum absolute atomic E-state index is 0.429. The maximum Gasteiger partial charge on any atom is 0.136 e. The number of Topliss-reactive ketones (excluding diaryl/α,β-unsaturated/α-hetero) is 1. The summed E-state index contributed by atoms with van der Waals surface area (Å²) in [7, 11) is 0. The molecule has 6 atom stereocenters. The van der Waals surface area contributed by atoms with Crippen LogP contribution < -0.4 is 0 Å². The van der Waals surface area contributed by atoms with Gasteiger partial charge < -0.3 is 5.41 Å². The summed E-state index contributed by atoms with van der Waals surface area (Å²) in [5.41, 5.74) is 1.47. The van der Waals surface area contributed by atoms with Gasteiger partial charge in [0.15, 0.2) is 0 Å². The molecule has 4 saturated carbocycles. The molecule has 4 aliphatic carbocycles. The van der Waals surface area contributed by atoms with Gasteiger partial charge in [-0.25, -0.2) is 0 Å². The number of carbonyl (C=O) groups excluding carboxylic acids is 1. The zero-order valence-electron chi connectivity index (χ0n) is 12.7. The van der Waals surface area contributed by atoms with Crippen LogP contribution in [0.2, 0.25) is 0 Å². The molecule has 0 aromatic heterocycles. The molecule has 4 aliphatic rings. The fraction of sp³-hybridized carbons (Fsp3) is 0.889. The summed E-state index contributed by atoms with van der Waals surface area (Å²) >= 11 is 0. The molecule has 1 N–H and O–H groups in total. The smallest absolute Gasteiger partial charge is 0.136 e. The van der Waals surface area contributed by atoms with E-state index >= 15 is 0 Å². The lowest BCUT2D eigenvalue weighted by Gasteiger charge is -2.57. The van der Waals surface area contributed by atoms with Gasteiger partial charge in [-0.15, -0.1) is 0 Å². The van der Waals surface area contributed by atoms with Crippen LogP contribution in [0.25, 0.3) is 0 Å². The zero-order chi connectivity index (χ0) is 13.9. The molecule has 2 nitrogen and oxygen atoms in total. The molecule has 0 spiro atoms. The number of rotatable bonds is 0. The van der Waals surface area contributed by atoms with Crippen LogP contribution in [0.15, 0.2) is 0 Å². The van der Waals surface area contributed by atoms with Gasteiger partial charge in [-0.1, -0.05) is 6.92 Å². The Kier molecular flexibility index (Phi) is 2.88. The van der Waals surface area contributed by atoms with E-state index in [1.54, 1.807) is 0 Å². The third-order valence-corrected chi connectivity index (χ3v) is 7.60. The Morgan fingerprint density at radius 1 is 1.05 bits per heavy atom. The predicted molar refractivity (Wildman–Crippen MR) is 79.8 cm³/mol. The number of ketones is 1. The van der Waals surface area contributed by atoms with Crippen LogP contribution >= 0.6 is 0 Å². The van der Waals surface area contributed by atoms with E-state index in [1.807, 2.05) is 0 Å². The van der Waals surface area contributed by atoms with Crippen LogP contribution in [0.3, 0.4) is 0 Å². The van der Waals surface area contributed by atoms with E-state index < -0.39 is 0 Å². The Bertz CT molecular complexity index is 456. The van der Waals surface area contributed by atoms with E-state index in [0.29, 0.717) is 17.1 Å². The minimum Gasteiger partial charge on any atom is -0.310 e. The van der Waals surface area contributed by atoms with E-state index in [0.717, 1.165) is 48.6 Å². The van der Waals surface area contributed by atoms with Crippen LogP contribution in [0, 0.1) is 40.4 Å². The van der Waals surface area contributed by atoms with Crippen LogP contribution in [0.1, 0.15) is 64.7 Å². The lowest BCUT2D eigenvalue weighted by molar-refractivity contribution is -0.126. The second-order valence-corrected chi connectivity index (χ2v) is 8.21. The molecule has 0 saturated heterocycles. The van der Waals surface area contributed by atoms with Crippen LogP contribution in [0.5, 0.6) is 0 Å². The van der Waals surface area contributed by atoms with Gasteiger partial charge in [-0.3, -0.25) is 4.79 Å². The molecule has 0 aromatic rings. The molecule has 4 fully saturated rings. The average Bonchev–Trinajstić information content (AvgIpc) is 2.82. The van der Waals surface area contributed by atoms with E-state index in [4.69, 9.17) is 5.41 Å². The number of fused-ring (bicyclic) bond motifs is 5. The standard InChI is InChI=1S/C18H27NO/c1-18-9-8-12(19)10-11(18)2-3-14-13-5-7-17(20)15(13)4-6-16(14)18/h11,13-16,19H,2-10H2,1H3. The van der Waals surface area contributed by atoms with Crippen molar-refractivity contribution in [2.75, 3.05) is 0 Å². The number of hydrogen-bond acceptors (Lipinski definition) is 2. The predicted octanol–water partition coefficient (Wildman–Crippen LogP) is 4.23. The fourth-order valence-corrected chi connectivity index (χ4v) is 6.50. The zero-order valence-corrected chi connectivity index (χ0v) is 12.7. The highest BCUT2D eigenvalue weighted by Crippen LogP contribution is 2.62. The number of carbonyl (C=O) groups is 1. The lowest BCUT2D eigenvalue weighted by atomic mass is 9.47. The molecule has 0 heterocycles.